The molecular formula is C10H18FNS. The van der Waals surface area contributed by atoms with Crippen LogP contribution in [-0.2, 0) is 0 Å². The topological polar surface area (TPSA) is 12.0 Å². The Balaban J connectivity index is 1.94. The van der Waals surface area contributed by atoms with Crippen LogP contribution in [0.3, 0.4) is 0 Å². The summed E-state index contributed by atoms with van der Waals surface area (Å²) in [7, 11) is 0. The van der Waals surface area contributed by atoms with E-state index >= 15 is 0 Å². The molecule has 1 atom stereocenters. The lowest BCUT2D eigenvalue weighted by Gasteiger charge is -2.39. The number of rotatable bonds is 1. The maximum atomic E-state index is 14.4. The molecule has 0 saturated carbocycles. The Hall–Kier alpha value is 0.240. The zero-order valence-corrected chi connectivity index (χ0v) is 8.84. The zero-order chi connectivity index (χ0) is 9.15. The average Bonchev–Trinajstić information content (AvgIpc) is 2.20. The molecule has 0 aromatic rings. The molecule has 1 N–H and O–H groups in total. The van der Waals surface area contributed by atoms with Crippen LogP contribution in [0.4, 0.5) is 4.39 Å². The van der Waals surface area contributed by atoms with Gasteiger partial charge in [-0.15, -0.1) is 0 Å². The molecule has 2 aliphatic heterocycles. The Morgan fingerprint density at radius 3 is 2.69 bits per heavy atom. The standard InChI is InChI=1S/C10H18FNS/c11-10(4-1-5-12-8-10)9-2-6-13-7-3-9/h9,12H,1-8H2. The van der Waals surface area contributed by atoms with Crippen molar-refractivity contribution in [3.8, 4) is 0 Å². The van der Waals surface area contributed by atoms with Crippen molar-refractivity contribution in [3.63, 3.8) is 0 Å². The van der Waals surface area contributed by atoms with Gasteiger partial charge in [-0.2, -0.15) is 11.8 Å². The highest BCUT2D eigenvalue weighted by atomic mass is 32.2. The van der Waals surface area contributed by atoms with Gasteiger partial charge < -0.3 is 5.32 Å². The molecule has 2 fully saturated rings. The predicted molar refractivity (Wildman–Crippen MR) is 56.0 cm³/mol. The van der Waals surface area contributed by atoms with Crippen LogP contribution in [0.5, 0.6) is 0 Å². The van der Waals surface area contributed by atoms with Crippen LogP contribution in [0, 0.1) is 5.92 Å². The van der Waals surface area contributed by atoms with Gasteiger partial charge in [0.15, 0.2) is 0 Å². The Bertz CT molecular complexity index is 162. The van der Waals surface area contributed by atoms with Crippen molar-refractivity contribution in [1.29, 1.82) is 0 Å². The lowest BCUT2D eigenvalue weighted by atomic mass is 9.80. The molecule has 0 spiro atoms. The van der Waals surface area contributed by atoms with Gasteiger partial charge in [-0.25, -0.2) is 4.39 Å². The molecule has 0 radical (unpaired) electrons. The van der Waals surface area contributed by atoms with Gasteiger partial charge in [0.05, 0.1) is 0 Å². The number of hydrogen-bond donors (Lipinski definition) is 1. The normalized spacial score (nSPS) is 37.6. The van der Waals surface area contributed by atoms with E-state index < -0.39 is 5.67 Å². The van der Waals surface area contributed by atoms with Crippen LogP contribution < -0.4 is 5.32 Å². The quantitative estimate of drug-likeness (QED) is 0.701. The average molecular weight is 203 g/mol. The number of halogens is 1. The molecule has 1 unspecified atom stereocenters. The molecule has 76 valence electrons. The first-order valence-corrected chi connectivity index (χ1v) is 6.44. The second-order valence-corrected chi connectivity index (χ2v) is 5.43. The van der Waals surface area contributed by atoms with Crippen molar-refractivity contribution < 1.29 is 4.39 Å². The van der Waals surface area contributed by atoms with E-state index in [4.69, 9.17) is 0 Å². The summed E-state index contributed by atoms with van der Waals surface area (Å²) in [6, 6.07) is 0. The first kappa shape index (κ1) is 9.78. The molecule has 3 heteroatoms. The molecule has 0 bridgehead atoms. The number of piperidine rings is 1. The molecule has 0 amide bonds. The first-order valence-electron chi connectivity index (χ1n) is 5.29. The fourth-order valence-electron chi connectivity index (χ4n) is 2.46. The third-order valence-electron chi connectivity index (χ3n) is 3.32. The number of thioether (sulfide) groups is 1. The maximum Gasteiger partial charge on any atom is 0.126 e. The van der Waals surface area contributed by atoms with Gasteiger partial charge in [0, 0.05) is 6.54 Å². The van der Waals surface area contributed by atoms with E-state index in [2.05, 4.69) is 5.32 Å². The van der Waals surface area contributed by atoms with Crippen molar-refractivity contribution in [1.82, 2.24) is 5.32 Å². The molecule has 2 saturated heterocycles. The van der Waals surface area contributed by atoms with Crippen LogP contribution in [-0.4, -0.2) is 30.3 Å². The monoisotopic (exact) mass is 203 g/mol. The lowest BCUT2D eigenvalue weighted by Crippen LogP contribution is -2.48. The van der Waals surface area contributed by atoms with Crippen molar-refractivity contribution in [2.24, 2.45) is 5.92 Å². The van der Waals surface area contributed by atoms with Crippen molar-refractivity contribution in [2.75, 3.05) is 24.6 Å². The highest BCUT2D eigenvalue weighted by Gasteiger charge is 2.40. The Kier molecular flexibility index (Phi) is 3.14. The van der Waals surface area contributed by atoms with Gasteiger partial charge in [0.1, 0.15) is 5.67 Å². The van der Waals surface area contributed by atoms with Gasteiger partial charge in [0.25, 0.3) is 0 Å². The van der Waals surface area contributed by atoms with Crippen LogP contribution in [0.25, 0.3) is 0 Å². The van der Waals surface area contributed by atoms with E-state index in [-0.39, 0.29) is 0 Å². The van der Waals surface area contributed by atoms with E-state index in [1.165, 1.54) is 0 Å². The lowest BCUT2D eigenvalue weighted by molar-refractivity contribution is 0.0468. The second-order valence-electron chi connectivity index (χ2n) is 4.20. The third-order valence-corrected chi connectivity index (χ3v) is 4.37. The summed E-state index contributed by atoms with van der Waals surface area (Å²) < 4.78 is 14.4. The minimum atomic E-state index is -0.876. The Morgan fingerprint density at radius 2 is 2.08 bits per heavy atom. The van der Waals surface area contributed by atoms with Gasteiger partial charge in [-0.05, 0) is 49.7 Å². The van der Waals surface area contributed by atoms with Gasteiger partial charge in [-0.1, -0.05) is 0 Å². The summed E-state index contributed by atoms with van der Waals surface area (Å²) >= 11 is 1.97. The van der Waals surface area contributed by atoms with E-state index in [1.54, 1.807) is 0 Å². The molecule has 13 heavy (non-hydrogen) atoms. The predicted octanol–water partition coefficient (Wildman–Crippen LogP) is 2.22. The molecule has 0 aromatic carbocycles. The molecule has 0 aliphatic carbocycles. The summed E-state index contributed by atoms with van der Waals surface area (Å²) in [6.45, 7) is 1.61. The molecule has 1 nitrogen and oxygen atoms in total. The van der Waals surface area contributed by atoms with Crippen molar-refractivity contribution >= 4 is 11.8 Å². The van der Waals surface area contributed by atoms with Gasteiger partial charge >= 0.3 is 0 Å². The minimum absolute atomic E-state index is 0.335. The molecule has 2 rings (SSSR count). The number of alkyl halides is 1. The Morgan fingerprint density at radius 1 is 1.31 bits per heavy atom. The fraction of sp³-hybridized carbons (Fsp3) is 1.00. The minimum Gasteiger partial charge on any atom is -0.314 e. The summed E-state index contributed by atoms with van der Waals surface area (Å²) in [4.78, 5) is 0. The SMILES string of the molecule is FC1(C2CCSCC2)CCCNC1. The van der Waals surface area contributed by atoms with E-state index in [1.807, 2.05) is 11.8 Å². The highest BCUT2D eigenvalue weighted by Crippen LogP contribution is 2.38. The molecule has 0 aromatic heterocycles. The molecule has 2 heterocycles. The van der Waals surface area contributed by atoms with Crippen LogP contribution in [0.1, 0.15) is 25.7 Å². The third kappa shape index (κ3) is 2.18. The van der Waals surface area contributed by atoms with E-state index in [9.17, 15) is 4.39 Å². The van der Waals surface area contributed by atoms with Gasteiger partial charge in [0.2, 0.25) is 0 Å². The Labute approximate surface area is 83.9 Å². The van der Waals surface area contributed by atoms with Crippen molar-refractivity contribution in [3.05, 3.63) is 0 Å². The zero-order valence-electron chi connectivity index (χ0n) is 8.02. The fourth-order valence-corrected chi connectivity index (χ4v) is 3.56. The van der Waals surface area contributed by atoms with E-state index in [0.29, 0.717) is 12.5 Å². The number of hydrogen-bond acceptors (Lipinski definition) is 2. The summed E-state index contributed by atoms with van der Waals surface area (Å²) in [5.41, 5.74) is -0.876. The smallest absolute Gasteiger partial charge is 0.126 e. The van der Waals surface area contributed by atoms with Crippen molar-refractivity contribution in [2.45, 2.75) is 31.4 Å². The molecular weight excluding hydrogens is 185 g/mol. The first-order chi connectivity index (χ1) is 6.31. The van der Waals surface area contributed by atoms with Gasteiger partial charge in [-0.3, -0.25) is 0 Å². The number of nitrogens with one attached hydrogen (secondary N) is 1. The summed E-state index contributed by atoms with van der Waals surface area (Å²) in [6.07, 6.45) is 3.97. The summed E-state index contributed by atoms with van der Waals surface area (Å²) in [5, 5.41) is 3.19. The highest BCUT2D eigenvalue weighted by molar-refractivity contribution is 7.99. The molecule has 2 aliphatic rings. The van der Waals surface area contributed by atoms with Crippen LogP contribution in [0.2, 0.25) is 0 Å². The maximum absolute atomic E-state index is 14.4. The van der Waals surface area contributed by atoms with Crippen LogP contribution >= 0.6 is 11.8 Å². The van der Waals surface area contributed by atoms with E-state index in [0.717, 1.165) is 43.7 Å². The largest absolute Gasteiger partial charge is 0.314 e. The van der Waals surface area contributed by atoms with Crippen LogP contribution in [0.15, 0.2) is 0 Å². The second kappa shape index (κ2) is 4.18. The summed E-state index contributed by atoms with van der Waals surface area (Å²) in [5.74, 6) is 2.66.